The van der Waals surface area contributed by atoms with Gasteiger partial charge in [0.2, 0.25) is 6.79 Å². The van der Waals surface area contributed by atoms with E-state index >= 15 is 0 Å². The number of amides is 2. The van der Waals surface area contributed by atoms with Gasteiger partial charge in [-0.2, -0.15) is 5.10 Å². The number of hydrogen-bond donors (Lipinski definition) is 1. The maximum Gasteiger partial charge on any atom is 0.276 e. The molecule has 0 spiro atoms. The van der Waals surface area contributed by atoms with Gasteiger partial charge in [-0.15, -0.1) is 0 Å². The zero-order valence-corrected chi connectivity index (χ0v) is 19.8. The summed E-state index contributed by atoms with van der Waals surface area (Å²) in [7, 11) is 0. The van der Waals surface area contributed by atoms with Crippen molar-refractivity contribution in [1.82, 2.24) is 14.7 Å². The summed E-state index contributed by atoms with van der Waals surface area (Å²) in [6.45, 7) is 2.32. The number of rotatable bonds is 5. The highest BCUT2D eigenvalue weighted by molar-refractivity contribution is 6.11. The number of nitrogens with zero attached hydrogens (tertiary/aromatic N) is 3. The van der Waals surface area contributed by atoms with Gasteiger partial charge in [0.1, 0.15) is 0 Å². The van der Waals surface area contributed by atoms with Crippen LogP contribution in [0.5, 0.6) is 11.5 Å². The fourth-order valence-electron chi connectivity index (χ4n) is 4.79. The maximum atomic E-state index is 13.2. The Bertz CT molecular complexity index is 1440. The third kappa shape index (κ3) is 4.26. The number of carbonyl (C=O) groups is 2. The van der Waals surface area contributed by atoms with Crippen molar-refractivity contribution in [2.75, 3.05) is 25.2 Å². The Hall–Kier alpha value is -4.33. The predicted molar refractivity (Wildman–Crippen MR) is 136 cm³/mol. The Morgan fingerprint density at radius 2 is 1.67 bits per heavy atom. The zero-order valence-electron chi connectivity index (χ0n) is 19.8. The first kappa shape index (κ1) is 22.2. The van der Waals surface area contributed by atoms with Gasteiger partial charge >= 0.3 is 0 Å². The van der Waals surface area contributed by atoms with Crippen LogP contribution >= 0.6 is 0 Å². The number of fused-ring (bicyclic) bond motifs is 2. The number of nitrogens with one attached hydrogen (secondary N) is 1. The third-order valence-corrected chi connectivity index (χ3v) is 6.68. The van der Waals surface area contributed by atoms with Gasteiger partial charge in [0.15, 0.2) is 17.2 Å². The lowest BCUT2D eigenvalue weighted by Crippen LogP contribution is -2.35. The lowest BCUT2D eigenvalue weighted by atomic mass is 10.1. The number of para-hydroxylation sites is 1. The van der Waals surface area contributed by atoms with Crippen molar-refractivity contribution in [2.24, 2.45) is 0 Å². The summed E-state index contributed by atoms with van der Waals surface area (Å²) in [5.74, 6) is 1.05. The van der Waals surface area contributed by atoms with Crippen LogP contribution in [0.15, 0.2) is 66.7 Å². The van der Waals surface area contributed by atoms with E-state index in [9.17, 15) is 9.59 Å². The number of piperidine rings is 1. The van der Waals surface area contributed by atoms with Gasteiger partial charge in [-0.3, -0.25) is 14.3 Å². The van der Waals surface area contributed by atoms with E-state index in [1.54, 1.807) is 18.2 Å². The van der Waals surface area contributed by atoms with Crippen LogP contribution in [0.3, 0.4) is 0 Å². The Kier molecular flexibility index (Phi) is 5.77. The first-order valence-corrected chi connectivity index (χ1v) is 12.2. The Balaban J connectivity index is 1.22. The fourth-order valence-corrected chi connectivity index (χ4v) is 4.79. The molecule has 1 aromatic heterocycles. The number of carbonyl (C=O) groups excluding carboxylic acids is 2. The van der Waals surface area contributed by atoms with Crippen molar-refractivity contribution in [3.05, 3.63) is 83.6 Å². The first-order valence-electron chi connectivity index (χ1n) is 12.2. The second kappa shape index (κ2) is 9.37. The van der Waals surface area contributed by atoms with Crippen molar-refractivity contribution >= 4 is 28.4 Å². The lowest BCUT2D eigenvalue weighted by Gasteiger charge is -2.26. The minimum atomic E-state index is -0.300. The molecule has 2 aliphatic rings. The molecule has 3 aromatic carbocycles. The SMILES string of the molecule is O=C(Nc1ccc2c(c1)OCO2)c1nn(Cc2ccc(C(=O)N3CCCCC3)cc2)c2ccccc12. The zero-order chi connectivity index (χ0) is 24.5. The number of hydrogen-bond acceptors (Lipinski definition) is 5. The summed E-state index contributed by atoms with van der Waals surface area (Å²) in [5, 5.41) is 8.34. The molecule has 4 aromatic rings. The highest BCUT2D eigenvalue weighted by Gasteiger charge is 2.20. The summed E-state index contributed by atoms with van der Waals surface area (Å²) in [5.41, 5.74) is 3.52. The Labute approximate surface area is 208 Å². The number of likely N-dealkylation sites (tertiary alicyclic amines) is 1. The van der Waals surface area contributed by atoms with Gasteiger partial charge in [0, 0.05) is 35.8 Å². The Morgan fingerprint density at radius 1 is 0.889 bits per heavy atom. The summed E-state index contributed by atoms with van der Waals surface area (Å²) >= 11 is 0. The second-order valence-corrected chi connectivity index (χ2v) is 9.10. The molecule has 0 saturated carbocycles. The molecule has 1 fully saturated rings. The van der Waals surface area contributed by atoms with Crippen LogP contribution in [0, 0.1) is 0 Å². The van der Waals surface area contributed by atoms with Gasteiger partial charge in [-0.25, -0.2) is 0 Å². The van der Waals surface area contributed by atoms with Crippen LogP contribution in [0.25, 0.3) is 10.9 Å². The molecule has 0 aliphatic carbocycles. The van der Waals surface area contributed by atoms with Crippen molar-refractivity contribution in [3.63, 3.8) is 0 Å². The number of aromatic nitrogens is 2. The van der Waals surface area contributed by atoms with E-state index in [0.717, 1.165) is 42.4 Å². The van der Waals surface area contributed by atoms with E-state index in [2.05, 4.69) is 10.4 Å². The molecule has 1 saturated heterocycles. The maximum absolute atomic E-state index is 13.2. The molecule has 2 amide bonds. The van der Waals surface area contributed by atoms with Crippen LogP contribution in [0.1, 0.15) is 45.7 Å². The second-order valence-electron chi connectivity index (χ2n) is 9.10. The molecule has 0 atom stereocenters. The normalized spacial score (nSPS) is 14.7. The number of anilines is 1. The van der Waals surface area contributed by atoms with Gasteiger partial charge in [0.25, 0.3) is 11.8 Å². The fraction of sp³-hybridized carbons (Fsp3) is 0.250. The van der Waals surface area contributed by atoms with Crippen LogP contribution in [0.4, 0.5) is 5.69 Å². The average molecular weight is 483 g/mol. The van der Waals surface area contributed by atoms with Crippen molar-refractivity contribution in [1.29, 1.82) is 0 Å². The van der Waals surface area contributed by atoms with Crippen molar-refractivity contribution in [3.8, 4) is 11.5 Å². The minimum absolute atomic E-state index is 0.0910. The largest absolute Gasteiger partial charge is 0.454 e. The van der Waals surface area contributed by atoms with Crippen molar-refractivity contribution in [2.45, 2.75) is 25.8 Å². The molecule has 0 unspecified atom stereocenters. The molecule has 6 rings (SSSR count). The van der Waals surface area contributed by atoms with Gasteiger partial charge in [0.05, 0.1) is 12.1 Å². The molecule has 2 aliphatic heterocycles. The molecular formula is C28H26N4O4. The third-order valence-electron chi connectivity index (χ3n) is 6.68. The molecule has 182 valence electrons. The molecule has 8 nitrogen and oxygen atoms in total. The topological polar surface area (TPSA) is 85.7 Å². The quantitative estimate of drug-likeness (QED) is 0.446. The van der Waals surface area contributed by atoms with Crippen LogP contribution in [-0.2, 0) is 6.54 Å². The van der Waals surface area contributed by atoms with E-state index in [1.807, 2.05) is 58.1 Å². The average Bonchev–Trinajstić information content (AvgIpc) is 3.54. The van der Waals surface area contributed by atoms with E-state index in [0.29, 0.717) is 35.0 Å². The van der Waals surface area contributed by atoms with E-state index in [-0.39, 0.29) is 18.6 Å². The molecule has 1 N–H and O–H groups in total. The monoisotopic (exact) mass is 482 g/mol. The van der Waals surface area contributed by atoms with E-state index in [1.165, 1.54) is 6.42 Å². The Morgan fingerprint density at radius 3 is 2.50 bits per heavy atom. The lowest BCUT2D eigenvalue weighted by molar-refractivity contribution is 0.0724. The molecule has 8 heteroatoms. The molecule has 0 radical (unpaired) electrons. The summed E-state index contributed by atoms with van der Waals surface area (Å²) < 4.78 is 12.6. The first-order chi connectivity index (χ1) is 17.7. The highest BCUT2D eigenvalue weighted by atomic mass is 16.7. The van der Waals surface area contributed by atoms with Crippen LogP contribution in [-0.4, -0.2) is 46.4 Å². The summed E-state index contributed by atoms with van der Waals surface area (Å²) in [4.78, 5) is 27.9. The van der Waals surface area contributed by atoms with E-state index < -0.39 is 0 Å². The number of ether oxygens (including phenoxy) is 2. The summed E-state index contributed by atoms with van der Waals surface area (Å²) in [6, 6.07) is 20.6. The van der Waals surface area contributed by atoms with Crippen LogP contribution in [0.2, 0.25) is 0 Å². The predicted octanol–water partition coefficient (Wildman–Crippen LogP) is 4.69. The molecule has 36 heavy (non-hydrogen) atoms. The molecule has 0 bridgehead atoms. The van der Waals surface area contributed by atoms with Gasteiger partial charge in [-0.1, -0.05) is 30.3 Å². The number of benzene rings is 3. The molecule has 3 heterocycles. The van der Waals surface area contributed by atoms with Crippen molar-refractivity contribution < 1.29 is 19.1 Å². The minimum Gasteiger partial charge on any atom is -0.454 e. The van der Waals surface area contributed by atoms with E-state index in [4.69, 9.17) is 9.47 Å². The van der Waals surface area contributed by atoms with Crippen LogP contribution < -0.4 is 14.8 Å². The van der Waals surface area contributed by atoms with Gasteiger partial charge in [-0.05, 0) is 55.2 Å². The standard InChI is InChI=1S/C28H26N4O4/c33-27(29-21-12-13-24-25(16-21)36-18-35-24)26-22-6-2-3-7-23(22)32(30-26)17-19-8-10-20(11-9-19)28(34)31-14-4-1-5-15-31/h2-3,6-13,16H,1,4-5,14-15,17-18H2,(H,29,33). The molecular weight excluding hydrogens is 456 g/mol. The smallest absolute Gasteiger partial charge is 0.276 e. The van der Waals surface area contributed by atoms with Gasteiger partial charge < -0.3 is 19.7 Å². The summed E-state index contributed by atoms with van der Waals surface area (Å²) in [6.07, 6.45) is 3.33. The highest BCUT2D eigenvalue weighted by Crippen LogP contribution is 2.34.